The maximum Gasteiger partial charge on any atom is 0.416 e. The SMILES string of the molecule is NC(=O)C(NC(=O)Cc1ccc(C(F)(F)F)cc1)C(N)=O. The van der Waals surface area contributed by atoms with Gasteiger partial charge < -0.3 is 16.8 Å². The standard InChI is InChI=1S/C12H12F3N3O3/c13-12(14,15)7-3-1-6(2-4-7)5-8(19)18-9(10(16)20)11(17)21/h1-4,9H,5H2,(H2,16,20)(H2,17,21)(H,18,19). The van der Waals surface area contributed by atoms with Crippen molar-refractivity contribution < 1.29 is 27.6 Å². The molecule has 0 saturated heterocycles. The van der Waals surface area contributed by atoms with Gasteiger partial charge in [0.25, 0.3) is 0 Å². The van der Waals surface area contributed by atoms with Crippen molar-refractivity contribution in [1.82, 2.24) is 5.32 Å². The molecule has 0 fully saturated rings. The van der Waals surface area contributed by atoms with Gasteiger partial charge in [0.2, 0.25) is 17.7 Å². The van der Waals surface area contributed by atoms with Crippen LogP contribution in [-0.4, -0.2) is 23.8 Å². The highest BCUT2D eigenvalue weighted by molar-refractivity contribution is 6.05. The Morgan fingerprint density at radius 1 is 1.05 bits per heavy atom. The summed E-state index contributed by atoms with van der Waals surface area (Å²) in [5, 5.41) is 2.00. The average molecular weight is 303 g/mol. The number of primary amides is 2. The van der Waals surface area contributed by atoms with Crippen molar-refractivity contribution in [2.75, 3.05) is 0 Å². The van der Waals surface area contributed by atoms with Crippen LogP contribution in [-0.2, 0) is 27.0 Å². The first-order valence-electron chi connectivity index (χ1n) is 5.65. The van der Waals surface area contributed by atoms with E-state index in [0.29, 0.717) is 0 Å². The van der Waals surface area contributed by atoms with Gasteiger partial charge in [-0.25, -0.2) is 0 Å². The minimum absolute atomic E-state index is 0.271. The van der Waals surface area contributed by atoms with Crippen LogP contribution in [0.3, 0.4) is 0 Å². The summed E-state index contributed by atoms with van der Waals surface area (Å²) < 4.78 is 37.0. The van der Waals surface area contributed by atoms with E-state index in [4.69, 9.17) is 11.5 Å². The Kier molecular flexibility index (Phi) is 4.90. The largest absolute Gasteiger partial charge is 0.416 e. The number of rotatable bonds is 5. The van der Waals surface area contributed by atoms with Gasteiger partial charge in [0.1, 0.15) is 0 Å². The first-order chi connectivity index (χ1) is 9.61. The number of hydrogen-bond donors (Lipinski definition) is 3. The quantitative estimate of drug-likeness (QED) is 0.649. The third-order valence-electron chi connectivity index (χ3n) is 2.52. The van der Waals surface area contributed by atoms with Gasteiger partial charge in [-0.15, -0.1) is 0 Å². The minimum atomic E-state index is -4.47. The van der Waals surface area contributed by atoms with Gasteiger partial charge in [-0.05, 0) is 17.7 Å². The third kappa shape index (κ3) is 4.79. The molecule has 0 aliphatic carbocycles. The summed E-state index contributed by atoms with van der Waals surface area (Å²) >= 11 is 0. The van der Waals surface area contributed by atoms with Gasteiger partial charge in [0.05, 0.1) is 12.0 Å². The normalized spacial score (nSPS) is 11.2. The van der Waals surface area contributed by atoms with Crippen molar-refractivity contribution >= 4 is 17.7 Å². The van der Waals surface area contributed by atoms with E-state index in [9.17, 15) is 27.6 Å². The van der Waals surface area contributed by atoms with E-state index in [2.05, 4.69) is 0 Å². The number of alkyl halides is 3. The summed E-state index contributed by atoms with van der Waals surface area (Å²) in [6.07, 6.45) is -4.79. The molecule has 0 bridgehead atoms. The number of halogens is 3. The van der Waals surface area contributed by atoms with Crippen molar-refractivity contribution in [2.24, 2.45) is 11.5 Å². The molecule has 0 aliphatic rings. The second kappa shape index (κ2) is 6.25. The van der Waals surface area contributed by atoms with Gasteiger partial charge in [0.15, 0.2) is 6.04 Å². The Bertz CT molecular complexity index is 541. The van der Waals surface area contributed by atoms with Gasteiger partial charge in [-0.1, -0.05) is 12.1 Å². The summed E-state index contributed by atoms with van der Waals surface area (Å²) in [5.74, 6) is -3.01. The number of carbonyl (C=O) groups is 3. The number of nitrogens with one attached hydrogen (secondary N) is 1. The summed E-state index contributed by atoms with van der Waals surface area (Å²) in [4.78, 5) is 33.3. The highest BCUT2D eigenvalue weighted by atomic mass is 19.4. The number of amides is 3. The molecule has 0 spiro atoms. The first-order valence-corrected chi connectivity index (χ1v) is 5.65. The van der Waals surface area contributed by atoms with E-state index in [1.807, 2.05) is 5.32 Å². The van der Waals surface area contributed by atoms with Crippen molar-refractivity contribution in [3.8, 4) is 0 Å². The van der Waals surface area contributed by atoms with Crippen molar-refractivity contribution in [1.29, 1.82) is 0 Å². The Balaban J connectivity index is 2.71. The molecule has 0 aliphatic heterocycles. The molecular weight excluding hydrogens is 291 g/mol. The molecule has 0 aromatic heterocycles. The molecule has 1 aromatic carbocycles. The molecule has 1 aromatic rings. The van der Waals surface area contributed by atoms with E-state index in [1.165, 1.54) is 0 Å². The molecule has 5 N–H and O–H groups in total. The fraction of sp³-hybridized carbons (Fsp3) is 0.250. The molecule has 9 heteroatoms. The zero-order chi connectivity index (χ0) is 16.2. The van der Waals surface area contributed by atoms with Crippen LogP contribution in [0.4, 0.5) is 13.2 Å². The maximum absolute atomic E-state index is 12.3. The van der Waals surface area contributed by atoms with E-state index in [1.54, 1.807) is 0 Å². The summed E-state index contributed by atoms with van der Waals surface area (Å²) in [6, 6.07) is 2.22. The first kappa shape index (κ1) is 16.5. The fourth-order valence-corrected chi connectivity index (χ4v) is 1.49. The average Bonchev–Trinajstić information content (AvgIpc) is 2.34. The van der Waals surface area contributed by atoms with Crippen LogP contribution in [0.1, 0.15) is 11.1 Å². The van der Waals surface area contributed by atoms with Crippen LogP contribution in [0.25, 0.3) is 0 Å². The molecule has 0 atom stereocenters. The van der Waals surface area contributed by atoms with E-state index < -0.39 is 35.5 Å². The molecule has 0 heterocycles. The van der Waals surface area contributed by atoms with Crippen LogP contribution in [0.5, 0.6) is 0 Å². The van der Waals surface area contributed by atoms with Crippen LogP contribution >= 0.6 is 0 Å². The van der Waals surface area contributed by atoms with Crippen LogP contribution in [0, 0.1) is 0 Å². The van der Waals surface area contributed by atoms with Crippen molar-refractivity contribution in [3.63, 3.8) is 0 Å². The zero-order valence-electron chi connectivity index (χ0n) is 10.6. The molecule has 114 valence electrons. The summed E-state index contributed by atoms with van der Waals surface area (Å²) in [7, 11) is 0. The van der Waals surface area contributed by atoms with Crippen molar-refractivity contribution in [3.05, 3.63) is 35.4 Å². The molecule has 21 heavy (non-hydrogen) atoms. The van der Waals surface area contributed by atoms with E-state index in [-0.39, 0.29) is 12.0 Å². The van der Waals surface area contributed by atoms with Gasteiger partial charge in [-0.3, -0.25) is 14.4 Å². The molecule has 1 rings (SSSR count). The minimum Gasteiger partial charge on any atom is -0.367 e. The van der Waals surface area contributed by atoms with Gasteiger partial charge in [-0.2, -0.15) is 13.2 Å². The topological polar surface area (TPSA) is 115 Å². The highest BCUT2D eigenvalue weighted by Crippen LogP contribution is 2.29. The second-order valence-electron chi connectivity index (χ2n) is 4.18. The second-order valence-corrected chi connectivity index (χ2v) is 4.18. The van der Waals surface area contributed by atoms with Crippen LogP contribution < -0.4 is 16.8 Å². The molecule has 0 saturated carbocycles. The van der Waals surface area contributed by atoms with E-state index in [0.717, 1.165) is 24.3 Å². The van der Waals surface area contributed by atoms with Gasteiger partial charge in [0, 0.05) is 0 Å². The predicted octanol–water partition coefficient (Wildman–Crippen LogP) is -0.297. The summed E-state index contributed by atoms with van der Waals surface area (Å²) in [5.41, 5.74) is 9.16. The number of benzene rings is 1. The predicted molar refractivity (Wildman–Crippen MR) is 65.5 cm³/mol. The molecule has 6 nitrogen and oxygen atoms in total. The molecule has 3 amide bonds. The lowest BCUT2D eigenvalue weighted by Crippen LogP contribution is -2.52. The molecular formula is C12H12F3N3O3. The Hall–Kier alpha value is -2.58. The van der Waals surface area contributed by atoms with E-state index >= 15 is 0 Å². The van der Waals surface area contributed by atoms with Gasteiger partial charge >= 0.3 is 6.18 Å². The van der Waals surface area contributed by atoms with Crippen LogP contribution in [0.15, 0.2) is 24.3 Å². The smallest absolute Gasteiger partial charge is 0.367 e. The fourth-order valence-electron chi connectivity index (χ4n) is 1.49. The zero-order valence-corrected chi connectivity index (χ0v) is 10.6. The highest BCUT2D eigenvalue weighted by Gasteiger charge is 2.30. The summed E-state index contributed by atoms with van der Waals surface area (Å²) in [6.45, 7) is 0. The molecule has 0 radical (unpaired) electrons. The molecule has 0 unspecified atom stereocenters. The Morgan fingerprint density at radius 3 is 1.90 bits per heavy atom. The lowest BCUT2D eigenvalue weighted by molar-refractivity contribution is -0.137. The monoisotopic (exact) mass is 303 g/mol. The third-order valence-corrected chi connectivity index (χ3v) is 2.52. The number of nitrogens with two attached hydrogens (primary N) is 2. The lowest BCUT2D eigenvalue weighted by atomic mass is 10.1. The van der Waals surface area contributed by atoms with Crippen LogP contribution in [0.2, 0.25) is 0 Å². The lowest BCUT2D eigenvalue weighted by Gasteiger charge is -2.12. The maximum atomic E-state index is 12.3. The number of hydrogen-bond acceptors (Lipinski definition) is 3. The Labute approximate surface area is 117 Å². The van der Waals surface area contributed by atoms with Crippen molar-refractivity contribution in [2.45, 2.75) is 18.6 Å². The number of carbonyl (C=O) groups excluding carboxylic acids is 3. The Morgan fingerprint density at radius 2 is 1.52 bits per heavy atom.